The van der Waals surface area contributed by atoms with Gasteiger partial charge in [-0.25, -0.2) is 0 Å². The first-order valence-corrected chi connectivity index (χ1v) is 4.09. The Morgan fingerprint density at radius 3 is 3.25 bits per heavy atom. The normalized spacial score (nSPS) is 21.8. The van der Waals surface area contributed by atoms with Gasteiger partial charge in [0.1, 0.15) is 0 Å². The van der Waals surface area contributed by atoms with Gasteiger partial charge in [0.05, 0.1) is 11.4 Å². The molecule has 0 spiro atoms. The van der Waals surface area contributed by atoms with Crippen LogP contribution in [-0.4, -0.2) is 12.1 Å². The molecule has 1 amide bonds. The van der Waals surface area contributed by atoms with Crippen molar-refractivity contribution in [3.05, 3.63) is 23.5 Å². The molecule has 12 heavy (non-hydrogen) atoms. The molecule has 0 aromatic heterocycles. The molecule has 0 aromatic carbocycles. The Hall–Kier alpha value is -1.38. The zero-order chi connectivity index (χ0) is 8.39. The first-order valence-electron chi connectivity index (χ1n) is 4.09. The van der Waals surface area contributed by atoms with Gasteiger partial charge in [-0.1, -0.05) is 12.2 Å². The van der Waals surface area contributed by atoms with Gasteiger partial charge in [0.25, 0.3) is 0 Å². The summed E-state index contributed by atoms with van der Waals surface area (Å²) in [7, 11) is 0. The number of amides is 1. The van der Waals surface area contributed by atoms with E-state index < -0.39 is 0 Å². The maximum absolute atomic E-state index is 11.1. The fraction of sp³-hybridized carbons (Fsp3) is 0.333. The lowest BCUT2D eigenvalue weighted by molar-refractivity contribution is -0.120. The van der Waals surface area contributed by atoms with Gasteiger partial charge in [0, 0.05) is 19.1 Å². The molecule has 2 aliphatic rings. The Kier molecular flexibility index (Phi) is 1.78. The number of allylic oxidation sites excluding steroid dienone is 2. The van der Waals surface area contributed by atoms with Crippen molar-refractivity contribution in [2.24, 2.45) is 4.99 Å². The standard InChI is InChI=1S/C9H10N2O/c12-9-5-1-3-7-8(11-9)4-2-6-10-7/h3-4,6H,1-2,5H2,(H,11,12). The molecule has 0 fully saturated rings. The van der Waals surface area contributed by atoms with E-state index in [9.17, 15) is 4.79 Å². The molecule has 0 saturated carbocycles. The highest BCUT2D eigenvalue weighted by molar-refractivity contribution is 5.80. The van der Waals surface area contributed by atoms with Crippen molar-refractivity contribution in [2.75, 3.05) is 0 Å². The van der Waals surface area contributed by atoms with Gasteiger partial charge in [-0.15, -0.1) is 0 Å². The van der Waals surface area contributed by atoms with E-state index in [1.165, 1.54) is 0 Å². The lowest BCUT2D eigenvalue weighted by Gasteiger charge is -2.09. The Morgan fingerprint density at radius 2 is 2.33 bits per heavy atom. The Bertz CT molecular complexity index is 300. The monoisotopic (exact) mass is 162 g/mol. The molecule has 0 atom stereocenters. The molecule has 62 valence electrons. The van der Waals surface area contributed by atoms with Crippen LogP contribution in [0.4, 0.5) is 0 Å². The second kappa shape index (κ2) is 2.93. The molecule has 2 heterocycles. The van der Waals surface area contributed by atoms with Crippen molar-refractivity contribution < 1.29 is 4.79 Å². The molecular formula is C9H10N2O. The topological polar surface area (TPSA) is 41.5 Å². The van der Waals surface area contributed by atoms with Crippen LogP contribution in [0.25, 0.3) is 0 Å². The van der Waals surface area contributed by atoms with Gasteiger partial charge >= 0.3 is 0 Å². The molecule has 0 saturated heterocycles. The molecule has 1 N–H and O–H groups in total. The first kappa shape index (κ1) is 7.28. The zero-order valence-corrected chi connectivity index (χ0v) is 6.71. The van der Waals surface area contributed by atoms with Crippen LogP contribution in [0.3, 0.4) is 0 Å². The average molecular weight is 162 g/mol. The number of carbonyl (C=O) groups excluding carboxylic acids is 1. The highest BCUT2D eigenvalue weighted by atomic mass is 16.1. The predicted octanol–water partition coefficient (Wildman–Crippen LogP) is 1.14. The van der Waals surface area contributed by atoms with Crippen molar-refractivity contribution in [1.29, 1.82) is 0 Å². The lowest BCUT2D eigenvalue weighted by Crippen LogP contribution is -2.22. The minimum Gasteiger partial charge on any atom is -0.324 e. The van der Waals surface area contributed by atoms with E-state index in [0.717, 1.165) is 24.2 Å². The summed E-state index contributed by atoms with van der Waals surface area (Å²) in [5, 5.41) is 2.82. The molecule has 3 nitrogen and oxygen atoms in total. The van der Waals surface area contributed by atoms with Crippen LogP contribution >= 0.6 is 0 Å². The van der Waals surface area contributed by atoms with Crippen LogP contribution in [0.15, 0.2) is 28.5 Å². The molecule has 0 aromatic rings. The number of hydrogen-bond acceptors (Lipinski definition) is 2. The quantitative estimate of drug-likeness (QED) is 0.570. The van der Waals surface area contributed by atoms with E-state index in [4.69, 9.17) is 0 Å². The van der Waals surface area contributed by atoms with Crippen LogP contribution in [0.2, 0.25) is 0 Å². The predicted molar refractivity (Wildman–Crippen MR) is 46.7 cm³/mol. The van der Waals surface area contributed by atoms with Crippen LogP contribution in [-0.2, 0) is 4.79 Å². The molecule has 3 heteroatoms. The maximum atomic E-state index is 11.1. The number of carbonyl (C=O) groups is 1. The molecule has 2 rings (SSSR count). The summed E-state index contributed by atoms with van der Waals surface area (Å²) in [6.07, 6.45) is 8.01. The summed E-state index contributed by atoms with van der Waals surface area (Å²) in [5.74, 6) is 0.0876. The maximum Gasteiger partial charge on any atom is 0.224 e. The first-order chi connectivity index (χ1) is 5.86. The number of hydrogen-bond donors (Lipinski definition) is 1. The number of dihydropyridines is 1. The van der Waals surface area contributed by atoms with Gasteiger partial charge in [-0.2, -0.15) is 0 Å². The van der Waals surface area contributed by atoms with E-state index in [1.807, 2.05) is 18.4 Å². The third kappa shape index (κ3) is 1.30. The van der Waals surface area contributed by atoms with E-state index >= 15 is 0 Å². The van der Waals surface area contributed by atoms with Crippen LogP contribution < -0.4 is 5.32 Å². The van der Waals surface area contributed by atoms with Crippen molar-refractivity contribution in [2.45, 2.75) is 19.3 Å². The molecule has 0 aliphatic carbocycles. The minimum atomic E-state index is 0.0876. The largest absolute Gasteiger partial charge is 0.324 e. The van der Waals surface area contributed by atoms with Crippen molar-refractivity contribution in [3.63, 3.8) is 0 Å². The van der Waals surface area contributed by atoms with Gasteiger partial charge in [-0.3, -0.25) is 9.79 Å². The minimum absolute atomic E-state index is 0.0876. The summed E-state index contributed by atoms with van der Waals surface area (Å²) in [4.78, 5) is 15.3. The van der Waals surface area contributed by atoms with E-state index in [1.54, 1.807) is 0 Å². The Morgan fingerprint density at radius 1 is 1.42 bits per heavy atom. The molecular weight excluding hydrogens is 152 g/mol. The summed E-state index contributed by atoms with van der Waals surface area (Å²) in [6.45, 7) is 0. The van der Waals surface area contributed by atoms with Gasteiger partial charge in [0.15, 0.2) is 0 Å². The zero-order valence-electron chi connectivity index (χ0n) is 6.71. The van der Waals surface area contributed by atoms with Gasteiger partial charge in [0.2, 0.25) is 5.91 Å². The average Bonchev–Trinajstić information content (AvgIpc) is 2.25. The van der Waals surface area contributed by atoms with Crippen molar-refractivity contribution in [3.8, 4) is 0 Å². The third-order valence-electron chi connectivity index (χ3n) is 1.92. The highest BCUT2D eigenvalue weighted by Gasteiger charge is 2.13. The third-order valence-corrected chi connectivity index (χ3v) is 1.92. The summed E-state index contributed by atoms with van der Waals surface area (Å²) in [5.41, 5.74) is 1.78. The van der Waals surface area contributed by atoms with Gasteiger partial charge in [-0.05, 0) is 6.42 Å². The number of fused-ring (bicyclic) bond motifs is 1. The van der Waals surface area contributed by atoms with E-state index in [-0.39, 0.29) is 5.91 Å². The summed E-state index contributed by atoms with van der Waals surface area (Å²) >= 11 is 0. The molecule has 2 aliphatic heterocycles. The lowest BCUT2D eigenvalue weighted by atomic mass is 10.2. The fourth-order valence-corrected chi connectivity index (χ4v) is 1.33. The summed E-state index contributed by atoms with van der Waals surface area (Å²) < 4.78 is 0. The molecule has 0 unspecified atom stereocenters. The summed E-state index contributed by atoms with van der Waals surface area (Å²) in [6, 6.07) is 0. The highest BCUT2D eigenvalue weighted by Crippen LogP contribution is 2.17. The fourth-order valence-electron chi connectivity index (χ4n) is 1.33. The molecule has 0 radical (unpaired) electrons. The second-order valence-electron chi connectivity index (χ2n) is 2.84. The Labute approximate surface area is 70.9 Å². The Balaban J connectivity index is 2.29. The van der Waals surface area contributed by atoms with Crippen LogP contribution in [0.1, 0.15) is 19.3 Å². The van der Waals surface area contributed by atoms with Crippen molar-refractivity contribution >= 4 is 12.1 Å². The van der Waals surface area contributed by atoms with Crippen molar-refractivity contribution in [1.82, 2.24) is 5.32 Å². The second-order valence-corrected chi connectivity index (χ2v) is 2.84. The molecule has 0 bridgehead atoms. The van der Waals surface area contributed by atoms with E-state index in [2.05, 4.69) is 10.3 Å². The number of rotatable bonds is 0. The number of nitrogens with zero attached hydrogens (tertiary/aromatic N) is 1. The smallest absolute Gasteiger partial charge is 0.224 e. The van der Waals surface area contributed by atoms with Crippen LogP contribution in [0.5, 0.6) is 0 Å². The number of nitrogens with one attached hydrogen (secondary N) is 1. The van der Waals surface area contributed by atoms with Gasteiger partial charge < -0.3 is 5.32 Å². The van der Waals surface area contributed by atoms with Crippen LogP contribution in [0, 0.1) is 0 Å². The number of aliphatic imine (C=N–C) groups is 1. The van der Waals surface area contributed by atoms with E-state index in [0.29, 0.717) is 6.42 Å². The SMILES string of the molecule is O=C1CCC=C2N=CCC=C2N1.